The summed E-state index contributed by atoms with van der Waals surface area (Å²) < 4.78 is 0. The van der Waals surface area contributed by atoms with Gasteiger partial charge in [-0.05, 0) is 42.0 Å². The van der Waals surface area contributed by atoms with Crippen LogP contribution in [0.3, 0.4) is 0 Å². The molecule has 2 aromatic heterocycles. The SMILES string of the molecule is [O-]Nc1cccc(Nc2ncccc2CNCc2ccncc2)c1. The van der Waals surface area contributed by atoms with Gasteiger partial charge >= 0.3 is 0 Å². The number of benzene rings is 1. The highest BCUT2D eigenvalue weighted by Gasteiger charge is 2.04. The van der Waals surface area contributed by atoms with Crippen molar-refractivity contribution >= 4 is 17.2 Å². The second-order valence-corrected chi connectivity index (χ2v) is 5.28. The van der Waals surface area contributed by atoms with E-state index in [0.717, 1.165) is 23.6 Å². The van der Waals surface area contributed by atoms with Crippen LogP contribution in [-0.4, -0.2) is 9.97 Å². The van der Waals surface area contributed by atoms with Crippen molar-refractivity contribution in [1.82, 2.24) is 15.3 Å². The number of aromatic nitrogens is 2. The highest BCUT2D eigenvalue weighted by Crippen LogP contribution is 2.21. The van der Waals surface area contributed by atoms with Crippen molar-refractivity contribution in [2.45, 2.75) is 13.1 Å². The van der Waals surface area contributed by atoms with Gasteiger partial charge in [-0.25, -0.2) is 4.98 Å². The zero-order valence-corrected chi connectivity index (χ0v) is 13.1. The zero-order valence-electron chi connectivity index (χ0n) is 13.1. The van der Waals surface area contributed by atoms with Crippen LogP contribution >= 0.6 is 0 Å². The predicted molar refractivity (Wildman–Crippen MR) is 95.7 cm³/mol. The average molecular weight is 320 g/mol. The predicted octanol–water partition coefficient (Wildman–Crippen LogP) is 3.42. The van der Waals surface area contributed by atoms with Gasteiger partial charge in [0, 0.05) is 48.6 Å². The highest BCUT2D eigenvalue weighted by molar-refractivity contribution is 5.64. The van der Waals surface area contributed by atoms with E-state index in [-0.39, 0.29) is 0 Å². The van der Waals surface area contributed by atoms with Gasteiger partial charge in [0.1, 0.15) is 5.82 Å². The number of anilines is 3. The second-order valence-electron chi connectivity index (χ2n) is 5.28. The summed E-state index contributed by atoms with van der Waals surface area (Å²) in [6, 6.07) is 15.1. The topological polar surface area (TPSA) is 84.9 Å². The monoisotopic (exact) mass is 320 g/mol. The van der Waals surface area contributed by atoms with Crippen molar-refractivity contribution in [3.63, 3.8) is 0 Å². The Morgan fingerprint density at radius 3 is 2.54 bits per heavy atom. The molecule has 0 fully saturated rings. The molecule has 0 spiro atoms. The first-order valence-electron chi connectivity index (χ1n) is 7.64. The van der Waals surface area contributed by atoms with Crippen molar-refractivity contribution in [2.75, 3.05) is 10.8 Å². The molecular formula is C18H18N5O-. The lowest BCUT2D eigenvalue weighted by Crippen LogP contribution is -2.14. The summed E-state index contributed by atoms with van der Waals surface area (Å²) >= 11 is 0. The van der Waals surface area contributed by atoms with Gasteiger partial charge in [-0.15, -0.1) is 0 Å². The molecule has 0 aliphatic carbocycles. The Labute approximate surface area is 140 Å². The van der Waals surface area contributed by atoms with E-state index in [1.807, 2.05) is 41.9 Å². The molecule has 3 N–H and O–H groups in total. The quantitative estimate of drug-likeness (QED) is 0.578. The molecule has 0 radical (unpaired) electrons. The molecule has 3 aromatic rings. The maximum absolute atomic E-state index is 10.8. The van der Waals surface area contributed by atoms with Gasteiger partial charge in [-0.3, -0.25) is 4.98 Å². The van der Waals surface area contributed by atoms with Crippen LogP contribution < -0.4 is 16.1 Å². The van der Waals surface area contributed by atoms with E-state index < -0.39 is 0 Å². The van der Waals surface area contributed by atoms with E-state index >= 15 is 0 Å². The molecule has 0 unspecified atom stereocenters. The number of rotatable bonds is 7. The lowest BCUT2D eigenvalue weighted by atomic mass is 10.2. The Balaban J connectivity index is 1.66. The summed E-state index contributed by atoms with van der Waals surface area (Å²) in [5.74, 6) is 0.766. The van der Waals surface area contributed by atoms with E-state index in [1.165, 1.54) is 5.56 Å². The van der Waals surface area contributed by atoms with Crippen LogP contribution in [0.5, 0.6) is 0 Å². The normalized spacial score (nSPS) is 10.4. The summed E-state index contributed by atoms with van der Waals surface area (Å²) in [5, 5.41) is 17.4. The third-order valence-corrected chi connectivity index (χ3v) is 3.53. The Kier molecular flexibility index (Phi) is 5.34. The van der Waals surface area contributed by atoms with Crippen LogP contribution in [0.4, 0.5) is 17.2 Å². The molecule has 0 aliphatic heterocycles. The minimum Gasteiger partial charge on any atom is -0.761 e. The van der Waals surface area contributed by atoms with E-state index in [2.05, 4.69) is 20.6 Å². The number of nitrogens with zero attached hydrogens (tertiary/aromatic N) is 2. The summed E-state index contributed by atoms with van der Waals surface area (Å²) in [6.07, 6.45) is 5.31. The fourth-order valence-electron chi connectivity index (χ4n) is 2.33. The third kappa shape index (κ3) is 4.28. The first-order chi connectivity index (χ1) is 11.8. The van der Waals surface area contributed by atoms with Crippen LogP contribution in [0.25, 0.3) is 0 Å². The summed E-state index contributed by atoms with van der Waals surface area (Å²) in [5.41, 5.74) is 5.44. The average Bonchev–Trinajstić information content (AvgIpc) is 2.64. The Bertz CT molecular complexity index is 779. The molecule has 1 aromatic carbocycles. The van der Waals surface area contributed by atoms with Gasteiger partial charge in [0.2, 0.25) is 0 Å². The number of nitrogens with one attached hydrogen (secondary N) is 3. The van der Waals surface area contributed by atoms with Crippen molar-refractivity contribution < 1.29 is 0 Å². The van der Waals surface area contributed by atoms with Crippen LogP contribution in [0, 0.1) is 5.21 Å². The molecule has 24 heavy (non-hydrogen) atoms. The molecule has 6 nitrogen and oxygen atoms in total. The maximum Gasteiger partial charge on any atom is 0.134 e. The third-order valence-electron chi connectivity index (χ3n) is 3.53. The number of hydrogen-bond donors (Lipinski definition) is 3. The van der Waals surface area contributed by atoms with Crippen molar-refractivity contribution in [1.29, 1.82) is 0 Å². The number of hydrogen-bond acceptors (Lipinski definition) is 6. The summed E-state index contributed by atoms with van der Waals surface area (Å²) in [6.45, 7) is 1.43. The number of pyridine rings is 2. The van der Waals surface area contributed by atoms with Gasteiger partial charge in [-0.2, -0.15) is 0 Å². The lowest BCUT2D eigenvalue weighted by molar-refractivity contribution is 0.692. The van der Waals surface area contributed by atoms with Gasteiger partial charge in [0.25, 0.3) is 0 Å². The molecule has 0 aliphatic rings. The van der Waals surface area contributed by atoms with Crippen LogP contribution in [-0.2, 0) is 13.1 Å². The molecule has 0 amide bonds. The van der Waals surface area contributed by atoms with E-state index in [9.17, 15) is 5.21 Å². The minimum absolute atomic E-state index is 0.508. The smallest absolute Gasteiger partial charge is 0.134 e. The Morgan fingerprint density at radius 1 is 0.875 bits per heavy atom. The van der Waals surface area contributed by atoms with Gasteiger partial charge in [-0.1, -0.05) is 12.1 Å². The van der Waals surface area contributed by atoms with Crippen LogP contribution in [0.1, 0.15) is 11.1 Å². The molecule has 3 rings (SSSR count). The van der Waals surface area contributed by atoms with E-state index in [0.29, 0.717) is 12.2 Å². The first kappa shape index (κ1) is 15.9. The lowest BCUT2D eigenvalue weighted by Gasteiger charge is -2.14. The molecule has 122 valence electrons. The van der Waals surface area contributed by atoms with E-state index in [4.69, 9.17) is 0 Å². The molecule has 0 bridgehead atoms. The Hall–Kier alpha value is -2.96. The standard InChI is InChI=1S/C18H18N5O/c24-23-17-5-1-4-16(11-17)22-18-15(3-2-8-21-18)13-20-12-14-6-9-19-10-7-14/h1-11,20,23H,12-13H2,(H,21,22)/q-1. The van der Waals surface area contributed by atoms with Gasteiger partial charge in [0.05, 0.1) is 0 Å². The fourth-order valence-corrected chi connectivity index (χ4v) is 2.33. The minimum atomic E-state index is 0.508. The molecule has 2 heterocycles. The Morgan fingerprint density at radius 2 is 1.71 bits per heavy atom. The second kappa shape index (κ2) is 8.05. The van der Waals surface area contributed by atoms with Crippen LogP contribution in [0.2, 0.25) is 0 Å². The van der Waals surface area contributed by atoms with Crippen molar-refractivity contribution in [3.8, 4) is 0 Å². The van der Waals surface area contributed by atoms with E-state index in [1.54, 1.807) is 30.7 Å². The van der Waals surface area contributed by atoms with Crippen molar-refractivity contribution in [2.24, 2.45) is 0 Å². The fraction of sp³-hybridized carbons (Fsp3) is 0.111. The van der Waals surface area contributed by atoms with Crippen molar-refractivity contribution in [3.05, 3.63) is 83.5 Å². The van der Waals surface area contributed by atoms with Gasteiger partial charge < -0.3 is 21.3 Å². The molecule has 0 saturated heterocycles. The molecule has 0 atom stereocenters. The van der Waals surface area contributed by atoms with Gasteiger partial charge in [0.15, 0.2) is 0 Å². The molecular weight excluding hydrogens is 302 g/mol. The summed E-state index contributed by atoms with van der Waals surface area (Å²) in [4.78, 5) is 8.41. The largest absolute Gasteiger partial charge is 0.761 e. The molecule has 6 heteroatoms. The highest BCUT2D eigenvalue weighted by atomic mass is 16.5. The first-order valence-corrected chi connectivity index (χ1v) is 7.64. The van der Waals surface area contributed by atoms with Crippen LogP contribution in [0.15, 0.2) is 67.1 Å². The maximum atomic E-state index is 10.8. The zero-order chi connectivity index (χ0) is 16.6. The summed E-state index contributed by atoms with van der Waals surface area (Å²) in [7, 11) is 0. The molecule has 0 saturated carbocycles.